The molecule has 1 fully saturated rings. The number of nitrogens with zero attached hydrogens (tertiary/aromatic N) is 1. The SMILES string of the molecule is CNNC(CC#N)C1CCCC1. The van der Waals surface area contributed by atoms with Gasteiger partial charge in [-0.2, -0.15) is 5.26 Å². The van der Waals surface area contributed by atoms with Gasteiger partial charge in [0.25, 0.3) is 0 Å². The Morgan fingerprint density at radius 3 is 2.67 bits per heavy atom. The molecule has 68 valence electrons. The Morgan fingerprint density at radius 1 is 1.50 bits per heavy atom. The van der Waals surface area contributed by atoms with E-state index in [0.29, 0.717) is 18.4 Å². The lowest BCUT2D eigenvalue weighted by Gasteiger charge is -2.21. The van der Waals surface area contributed by atoms with Gasteiger partial charge in [-0.05, 0) is 25.8 Å². The number of hydrogen-bond donors (Lipinski definition) is 2. The van der Waals surface area contributed by atoms with Crippen molar-refractivity contribution in [1.82, 2.24) is 10.9 Å². The van der Waals surface area contributed by atoms with Crippen molar-refractivity contribution in [3.63, 3.8) is 0 Å². The van der Waals surface area contributed by atoms with Gasteiger partial charge < -0.3 is 0 Å². The second kappa shape index (κ2) is 5.13. The number of nitriles is 1. The Morgan fingerprint density at radius 2 is 2.17 bits per heavy atom. The summed E-state index contributed by atoms with van der Waals surface area (Å²) in [6.45, 7) is 0. The quantitative estimate of drug-likeness (QED) is 0.618. The van der Waals surface area contributed by atoms with Gasteiger partial charge in [0.05, 0.1) is 12.5 Å². The summed E-state index contributed by atoms with van der Waals surface area (Å²) in [7, 11) is 1.86. The van der Waals surface area contributed by atoms with Crippen LogP contribution in [0.3, 0.4) is 0 Å². The van der Waals surface area contributed by atoms with Gasteiger partial charge in [0.2, 0.25) is 0 Å². The minimum Gasteiger partial charge on any atom is -0.261 e. The summed E-state index contributed by atoms with van der Waals surface area (Å²) < 4.78 is 0. The highest BCUT2D eigenvalue weighted by atomic mass is 15.3. The predicted octanol–water partition coefficient (Wildman–Crippen LogP) is 1.18. The van der Waals surface area contributed by atoms with Crippen molar-refractivity contribution in [3.8, 4) is 6.07 Å². The molecule has 1 rings (SSSR count). The van der Waals surface area contributed by atoms with Gasteiger partial charge >= 0.3 is 0 Å². The van der Waals surface area contributed by atoms with Crippen LogP contribution in [0.1, 0.15) is 32.1 Å². The average Bonchev–Trinajstić information content (AvgIpc) is 2.56. The lowest BCUT2D eigenvalue weighted by Crippen LogP contribution is -2.42. The minimum absolute atomic E-state index is 0.350. The molecule has 0 aromatic carbocycles. The molecular weight excluding hydrogens is 150 g/mol. The standard InChI is InChI=1S/C9H17N3/c1-11-12-9(6-7-10)8-4-2-3-5-8/h8-9,11-12H,2-6H2,1H3. The van der Waals surface area contributed by atoms with E-state index in [1.54, 1.807) is 0 Å². The minimum atomic E-state index is 0.350. The summed E-state index contributed by atoms with van der Waals surface area (Å²) >= 11 is 0. The molecule has 0 bridgehead atoms. The van der Waals surface area contributed by atoms with Crippen molar-refractivity contribution in [1.29, 1.82) is 5.26 Å². The van der Waals surface area contributed by atoms with E-state index < -0.39 is 0 Å². The molecule has 3 nitrogen and oxygen atoms in total. The molecule has 0 aliphatic heterocycles. The lowest BCUT2D eigenvalue weighted by molar-refractivity contribution is 0.336. The van der Waals surface area contributed by atoms with Crippen LogP contribution in [-0.2, 0) is 0 Å². The van der Waals surface area contributed by atoms with E-state index in [9.17, 15) is 0 Å². The van der Waals surface area contributed by atoms with Gasteiger partial charge in [0, 0.05) is 6.04 Å². The van der Waals surface area contributed by atoms with Crippen molar-refractivity contribution < 1.29 is 0 Å². The fourth-order valence-corrected chi connectivity index (χ4v) is 1.98. The molecule has 0 spiro atoms. The van der Waals surface area contributed by atoms with Crippen molar-refractivity contribution >= 4 is 0 Å². The number of hydrogen-bond acceptors (Lipinski definition) is 3. The van der Waals surface area contributed by atoms with E-state index in [1.807, 2.05) is 7.05 Å². The summed E-state index contributed by atoms with van der Waals surface area (Å²) in [5.41, 5.74) is 6.08. The molecule has 0 heterocycles. The van der Waals surface area contributed by atoms with Crippen molar-refractivity contribution in [3.05, 3.63) is 0 Å². The Balaban J connectivity index is 2.35. The van der Waals surface area contributed by atoms with E-state index in [0.717, 1.165) is 0 Å². The summed E-state index contributed by atoms with van der Waals surface area (Å²) in [6.07, 6.45) is 5.84. The van der Waals surface area contributed by atoms with Crippen LogP contribution in [0.2, 0.25) is 0 Å². The zero-order valence-corrected chi connectivity index (χ0v) is 7.64. The van der Waals surface area contributed by atoms with Crippen molar-refractivity contribution in [2.75, 3.05) is 7.05 Å². The molecule has 1 unspecified atom stereocenters. The highest BCUT2D eigenvalue weighted by molar-refractivity contribution is 4.86. The van der Waals surface area contributed by atoms with Gasteiger partial charge in [0.1, 0.15) is 0 Å². The second-order valence-corrected chi connectivity index (χ2v) is 3.41. The normalized spacial score (nSPS) is 20.7. The first-order valence-electron chi connectivity index (χ1n) is 4.67. The first kappa shape index (κ1) is 9.50. The van der Waals surface area contributed by atoms with Crippen LogP contribution in [-0.4, -0.2) is 13.1 Å². The molecule has 2 N–H and O–H groups in total. The molecule has 1 aliphatic rings. The zero-order chi connectivity index (χ0) is 8.81. The molecular formula is C9H17N3. The zero-order valence-electron chi connectivity index (χ0n) is 7.64. The molecule has 0 radical (unpaired) electrons. The molecule has 12 heavy (non-hydrogen) atoms. The third kappa shape index (κ3) is 2.47. The van der Waals surface area contributed by atoms with Crippen molar-refractivity contribution in [2.24, 2.45) is 5.92 Å². The second-order valence-electron chi connectivity index (χ2n) is 3.41. The maximum atomic E-state index is 8.61. The van der Waals surface area contributed by atoms with Crippen LogP contribution in [0.4, 0.5) is 0 Å². The van der Waals surface area contributed by atoms with E-state index in [4.69, 9.17) is 5.26 Å². The molecule has 3 heteroatoms. The van der Waals surface area contributed by atoms with Crippen LogP contribution in [0.25, 0.3) is 0 Å². The van der Waals surface area contributed by atoms with Crippen LogP contribution in [0.5, 0.6) is 0 Å². The number of rotatable bonds is 4. The summed E-state index contributed by atoms with van der Waals surface area (Å²) in [6, 6.07) is 2.58. The first-order chi connectivity index (χ1) is 5.88. The smallest absolute Gasteiger partial charge is 0.0638 e. The molecule has 0 saturated heterocycles. The Hall–Kier alpha value is -0.590. The lowest BCUT2D eigenvalue weighted by atomic mass is 9.96. The Labute approximate surface area is 74.1 Å². The third-order valence-electron chi connectivity index (χ3n) is 2.61. The van der Waals surface area contributed by atoms with Gasteiger partial charge in [-0.15, -0.1) is 0 Å². The molecule has 0 aromatic heterocycles. The topological polar surface area (TPSA) is 47.8 Å². The van der Waals surface area contributed by atoms with Gasteiger partial charge in [-0.3, -0.25) is 10.9 Å². The summed E-state index contributed by atoms with van der Waals surface area (Å²) in [4.78, 5) is 0. The highest BCUT2D eigenvalue weighted by Crippen LogP contribution is 2.28. The van der Waals surface area contributed by atoms with Gasteiger partial charge in [0.15, 0.2) is 0 Å². The third-order valence-corrected chi connectivity index (χ3v) is 2.61. The predicted molar refractivity (Wildman–Crippen MR) is 48.2 cm³/mol. The number of hydrazine groups is 1. The van der Waals surface area contributed by atoms with Gasteiger partial charge in [-0.1, -0.05) is 12.8 Å². The fraction of sp³-hybridized carbons (Fsp3) is 0.889. The van der Waals surface area contributed by atoms with Gasteiger partial charge in [-0.25, -0.2) is 0 Å². The van der Waals surface area contributed by atoms with Crippen LogP contribution in [0, 0.1) is 17.2 Å². The van der Waals surface area contributed by atoms with E-state index in [-0.39, 0.29) is 0 Å². The summed E-state index contributed by atoms with van der Waals surface area (Å²) in [5, 5.41) is 8.61. The Kier molecular flexibility index (Phi) is 4.06. The van der Waals surface area contributed by atoms with Crippen LogP contribution >= 0.6 is 0 Å². The molecule has 1 aliphatic carbocycles. The average molecular weight is 167 g/mol. The molecule has 0 amide bonds. The number of nitrogens with one attached hydrogen (secondary N) is 2. The monoisotopic (exact) mass is 167 g/mol. The van der Waals surface area contributed by atoms with E-state index >= 15 is 0 Å². The largest absolute Gasteiger partial charge is 0.261 e. The fourth-order valence-electron chi connectivity index (χ4n) is 1.98. The van der Waals surface area contributed by atoms with E-state index in [1.165, 1.54) is 25.7 Å². The highest BCUT2D eigenvalue weighted by Gasteiger charge is 2.23. The molecule has 1 atom stereocenters. The van der Waals surface area contributed by atoms with Crippen LogP contribution < -0.4 is 10.9 Å². The Bertz CT molecular complexity index is 156. The summed E-state index contributed by atoms with van der Waals surface area (Å²) in [5.74, 6) is 0.706. The maximum Gasteiger partial charge on any atom is 0.0638 e. The van der Waals surface area contributed by atoms with E-state index in [2.05, 4.69) is 16.9 Å². The van der Waals surface area contributed by atoms with Crippen LogP contribution in [0.15, 0.2) is 0 Å². The first-order valence-corrected chi connectivity index (χ1v) is 4.67. The molecule has 1 saturated carbocycles. The van der Waals surface area contributed by atoms with Crippen molar-refractivity contribution in [2.45, 2.75) is 38.1 Å². The maximum absolute atomic E-state index is 8.61. The molecule has 0 aromatic rings.